The molecule has 0 radical (unpaired) electrons. The van der Waals surface area contributed by atoms with Crippen molar-refractivity contribution in [3.63, 3.8) is 0 Å². The van der Waals surface area contributed by atoms with Crippen LogP contribution in [0.5, 0.6) is 5.75 Å². The van der Waals surface area contributed by atoms with Gasteiger partial charge >= 0.3 is 0 Å². The lowest BCUT2D eigenvalue weighted by Gasteiger charge is -2.31. The summed E-state index contributed by atoms with van der Waals surface area (Å²) in [7, 11) is 1.66. The Balaban J connectivity index is 1.29. The topological polar surface area (TPSA) is 42.4 Å². The van der Waals surface area contributed by atoms with Crippen LogP contribution in [0.3, 0.4) is 0 Å². The first-order chi connectivity index (χ1) is 13.2. The standard InChI is InChI=1S/C22H24N2O2S/c1-26-18-9-6-16(7-10-18)8-11-21(25)24-14-12-17(13-15-24)22-23-19-4-2-3-5-20(19)27-22/h2-7,9-10,17H,8,11-15H2,1H3. The lowest BCUT2D eigenvalue weighted by Crippen LogP contribution is -2.38. The molecule has 4 nitrogen and oxygen atoms in total. The minimum atomic E-state index is 0.258. The number of hydrogen-bond donors (Lipinski definition) is 0. The molecule has 2 heterocycles. The van der Waals surface area contributed by atoms with Crippen molar-refractivity contribution in [2.45, 2.75) is 31.6 Å². The molecule has 0 spiro atoms. The van der Waals surface area contributed by atoms with Crippen molar-refractivity contribution in [2.75, 3.05) is 20.2 Å². The third-order valence-corrected chi connectivity index (χ3v) is 6.49. The van der Waals surface area contributed by atoms with Crippen LogP contribution in [0.4, 0.5) is 0 Å². The number of aromatic nitrogens is 1. The number of fused-ring (bicyclic) bond motifs is 1. The molecule has 1 aromatic heterocycles. The van der Waals surface area contributed by atoms with E-state index in [0.29, 0.717) is 12.3 Å². The molecule has 5 heteroatoms. The predicted molar refractivity (Wildman–Crippen MR) is 109 cm³/mol. The highest BCUT2D eigenvalue weighted by Gasteiger charge is 2.25. The van der Waals surface area contributed by atoms with Crippen LogP contribution in [-0.2, 0) is 11.2 Å². The maximum Gasteiger partial charge on any atom is 0.222 e. The Labute approximate surface area is 163 Å². The van der Waals surface area contributed by atoms with Crippen molar-refractivity contribution < 1.29 is 9.53 Å². The number of benzene rings is 2. The van der Waals surface area contributed by atoms with Crippen molar-refractivity contribution in [3.05, 3.63) is 59.1 Å². The number of piperidine rings is 1. The second-order valence-electron chi connectivity index (χ2n) is 7.02. The average Bonchev–Trinajstić information content (AvgIpc) is 3.17. The minimum Gasteiger partial charge on any atom is -0.497 e. The summed E-state index contributed by atoms with van der Waals surface area (Å²) < 4.78 is 6.43. The van der Waals surface area contributed by atoms with Crippen LogP contribution in [0.15, 0.2) is 48.5 Å². The van der Waals surface area contributed by atoms with Crippen LogP contribution in [-0.4, -0.2) is 36.0 Å². The van der Waals surface area contributed by atoms with Crippen molar-refractivity contribution >= 4 is 27.5 Å². The number of carbonyl (C=O) groups is 1. The van der Waals surface area contributed by atoms with Gasteiger partial charge < -0.3 is 9.64 Å². The van der Waals surface area contributed by atoms with E-state index in [1.54, 1.807) is 18.4 Å². The third-order valence-electron chi connectivity index (χ3n) is 5.29. The Morgan fingerprint density at radius 2 is 1.89 bits per heavy atom. The lowest BCUT2D eigenvalue weighted by atomic mass is 9.97. The van der Waals surface area contributed by atoms with E-state index in [9.17, 15) is 4.79 Å². The number of carbonyl (C=O) groups excluding carboxylic acids is 1. The summed E-state index contributed by atoms with van der Waals surface area (Å²) >= 11 is 1.80. The average molecular weight is 381 g/mol. The Hall–Kier alpha value is -2.40. The molecule has 0 unspecified atom stereocenters. The number of ether oxygens (including phenoxy) is 1. The van der Waals surface area contributed by atoms with Crippen LogP contribution in [0.2, 0.25) is 0 Å². The zero-order chi connectivity index (χ0) is 18.6. The molecule has 1 aliphatic heterocycles. The van der Waals surface area contributed by atoms with Gasteiger partial charge in [0.25, 0.3) is 0 Å². The number of methoxy groups -OCH3 is 1. The largest absolute Gasteiger partial charge is 0.497 e. The number of rotatable bonds is 5. The molecule has 1 aliphatic rings. The second-order valence-corrected chi connectivity index (χ2v) is 8.09. The van der Waals surface area contributed by atoms with E-state index < -0.39 is 0 Å². The van der Waals surface area contributed by atoms with Gasteiger partial charge in [0.15, 0.2) is 0 Å². The van der Waals surface area contributed by atoms with E-state index in [0.717, 1.165) is 43.6 Å². The minimum absolute atomic E-state index is 0.258. The fourth-order valence-corrected chi connectivity index (χ4v) is 4.78. The smallest absolute Gasteiger partial charge is 0.222 e. The molecule has 140 valence electrons. The van der Waals surface area contributed by atoms with Gasteiger partial charge in [-0.1, -0.05) is 24.3 Å². The molecule has 0 N–H and O–H groups in total. The highest BCUT2D eigenvalue weighted by Crippen LogP contribution is 2.33. The third kappa shape index (κ3) is 4.14. The molecule has 0 bridgehead atoms. The summed E-state index contributed by atoms with van der Waals surface area (Å²) in [5.74, 6) is 1.59. The molecule has 3 aromatic rings. The normalized spacial score (nSPS) is 15.2. The Kier molecular flexibility index (Phi) is 5.39. The highest BCUT2D eigenvalue weighted by atomic mass is 32.1. The maximum absolute atomic E-state index is 12.6. The Morgan fingerprint density at radius 3 is 2.59 bits per heavy atom. The molecule has 1 fully saturated rings. The van der Waals surface area contributed by atoms with Crippen LogP contribution < -0.4 is 4.74 Å². The molecule has 2 aromatic carbocycles. The zero-order valence-electron chi connectivity index (χ0n) is 15.6. The molecular weight excluding hydrogens is 356 g/mol. The SMILES string of the molecule is COc1ccc(CCC(=O)N2CCC(c3nc4ccccc4s3)CC2)cc1. The van der Waals surface area contributed by atoms with Crippen molar-refractivity contribution in [1.82, 2.24) is 9.88 Å². The zero-order valence-corrected chi connectivity index (χ0v) is 16.4. The number of para-hydroxylation sites is 1. The monoisotopic (exact) mass is 380 g/mol. The number of hydrogen-bond acceptors (Lipinski definition) is 4. The highest BCUT2D eigenvalue weighted by molar-refractivity contribution is 7.18. The fourth-order valence-electron chi connectivity index (χ4n) is 3.64. The van der Waals surface area contributed by atoms with Crippen LogP contribution in [0.1, 0.15) is 35.8 Å². The van der Waals surface area contributed by atoms with Crippen molar-refractivity contribution in [1.29, 1.82) is 0 Å². The van der Waals surface area contributed by atoms with Gasteiger partial charge in [-0.15, -0.1) is 11.3 Å². The van der Waals surface area contributed by atoms with E-state index in [2.05, 4.69) is 18.2 Å². The Morgan fingerprint density at radius 1 is 1.15 bits per heavy atom. The van der Waals surface area contributed by atoms with Crippen LogP contribution >= 0.6 is 11.3 Å². The summed E-state index contributed by atoms with van der Waals surface area (Å²) in [6, 6.07) is 16.3. The molecule has 1 amide bonds. The molecule has 4 rings (SSSR count). The van der Waals surface area contributed by atoms with Gasteiger partial charge in [-0.05, 0) is 49.1 Å². The van der Waals surface area contributed by atoms with E-state index in [4.69, 9.17) is 9.72 Å². The number of amides is 1. The maximum atomic E-state index is 12.6. The first-order valence-electron chi connectivity index (χ1n) is 9.49. The van der Waals surface area contributed by atoms with Crippen molar-refractivity contribution in [2.24, 2.45) is 0 Å². The summed E-state index contributed by atoms with van der Waals surface area (Å²) in [5.41, 5.74) is 2.27. The van der Waals surface area contributed by atoms with E-state index in [-0.39, 0.29) is 5.91 Å². The number of thiazole rings is 1. The van der Waals surface area contributed by atoms with Gasteiger partial charge in [-0.3, -0.25) is 4.79 Å². The molecule has 27 heavy (non-hydrogen) atoms. The van der Waals surface area contributed by atoms with Gasteiger partial charge in [0.2, 0.25) is 5.91 Å². The van der Waals surface area contributed by atoms with E-state index >= 15 is 0 Å². The summed E-state index contributed by atoms with van der Waals surface area (Å²) in [6.07, 6.45) is 3.36. The summed E-state index contributed by atoms with van der Waals surface area (Å²) in [6.45, 7) is 1.67. The van der Waals surface area contributed by atoms with Gasteiger partial charge in [0.1, 0.15) is 5.75 Å². The predicted octanol–water partition coefficient (Wildman–Crippen LogP) is 4.64. The quantitative estimate of drug-likeness (QED) is 0.647. The molecular formula is C22H24N2O2S. The van der Waals surface area contributed by atoms with Gasteiger partial charge in [-0.25, -0.2) is 4.98 Å². The number of likely N-dealkylation sites (tertiary alicyclic amines) is 1. The second kappa shape index (κ2) is 8.09. The number of aryl methyl sites for hydroxylation is 1. The number of nitrogens with zero attached hydrogens (tertiary/aromatic N) is 2. The van der Waals surface area contributed by atoms with Gasteiger partial charge in [-0.2, -0.15) is 0 Å². The van der Waals surface area contributed by atoms with Crippen molar-refractivity contribution in [3.8, 4) is 5.75 Å². The Bertz CT molecular complexity index is 878. The first-order valence-corrected chi connectivity index (χ1v) is 10.3. The van der Waals surface area contributed by atoms with Gasteiger partial charge in [0.05, 0.1) is 22.3 Å². The molecule has 0 aliphatic carbocycles. The summed E-state index contributed by atoms with van der Waals surface area (Å²) in [4.78, 5) is 19.4. The lowest BCUT2D eigenvalue weighted by molar-refractivity contribution is -0.132. The van der Waals surface area contributed by atoms with Gasteiger partial charge in [0, 0.05) is 25.4 Å². The van der Waals surface area contributed by atoms with E-state index in [1.807, 2.05) is 35.2 Å². The van der Waals surface area contributed by atoms with E-state index in [1.165, 1.54) is 15.3 Å². The molecule has 0 saturated carbocycles. The fraction of sp³-hybridized carbons (Fsp3) is 0.364. The molecule has 0 atom stereocenters. The van der Waals surface area contributed by atoms with Crippen LogP contribution in [0.25, 0.3) is 10.2 Å². The first kappa shape index (κ1) is 18.0. The molecule has 1 saturated heterocycles. The summed E-state index contributed by atoms with van der Waals surface area (Å²) in [5, 5.41) is 1.22. The van der Waals surface area contributed by atoms with Crippen LogP contribution in [0, 0.1) is 0 Å².